The number of amides is 1. The number of nitrogen functional groups attached to an aromatic ring is 1. The van der Waals surface area contributed by atoms with Crippen molar-refractivity contribution in [2.45, 2.75) is 13.5 Å². The number of nitrogens with two attached hydrogens (primary N) is 1. The van der Waals surface area contributed by atoms with Crippen LogP contribution in [0.15, 0.2) is 36.4 Å². The van der Waals surface area contributed by atoms with Crippen LogP contribution in [0.3, 0.4) is 0 Å². The molecule has 0 spiro atoms. The van der Waals surface area contributed by atoms with Crippen molar-refractivity contribution >= 4 is 48.0 Å². The summed E-state index contributed by atoms with van der Waals surface area (Å²) in [7, 11) is 1.53. The van der Waals surface area contributed by atoms with Gasteiger partial charge in [0.15, 0.2) is 0 Å². The Morgan fingerprint density at radius 2 is 1.82 bits per heavy atom. The molecule has 3 rings (SSSR count). The van der Waals surface area contributed by atoms with E-state index in [9.17, 15) is 4.79 Å². The number of benzene rings is 2. The number of methoxy groups -OCH3 is 1. The highest BCUT2D eigenvalue weighted by atomic mass is 35.5. The summed E-state index contributed by atoms with van der Waals surface area (Å²) in [6.45, 7) is 6.03. The average Bonchev–Trinajstić information content (AvgIpc) is 2.63. The summed E-state index contributed by atoms with van der Waals surface area (Å²) in [5.41, 5.74) is 9.23. The number of carbonyl (C=O) groups is 1. The number of piperazine rings is 1. The van der Waals surface area contributed by atoms with Crippen LogP contribution in [0.25, 0.3) is 0 Å². The quantitative estimate of drug-likeness (QED) is 0.720. The van der Waals surface area contributed by atoms with Gasteiger partial charge in [0.1, 0.15) is 5.75 Å². The van der Waals surface area contributed by atoms with Gasteiger partial charge in [-0.15, -0.1) is 24.8 Å². The first-order valence-corrected chi connectivity index (χ1v) is 9.06. The van der Waals surface area contributed by atoms with E-state index in [0.29, 0.717) is 35.1 Å². The van der Waals surface area contributed by atoms with Gasteiger partial charge in [-0.3, -0.25) is 9.69 Å². The molecule has 2 N–H and O–H groups in total. The second kappa shape index (κ2) is 10.8. The minimum Gasteiger partial charge on any atom is -0.496 e. The number of nitrogens with zero attached hydrogens (tertiary/aromatic N) is 2. The maximum Gasteiger partial charge on any atom is 0.257 e. The third kappa shape index (κ3) is 5.67. The van der Waals surface area contributed by atoms with Gasteiger partial charge in [0.05, 0.1) is 23.4 Å². The van der Waals surface area contributed by atoms with Gasteiger partial charge in [-0.25, -0.2) is 0 Å². The molecule has 5 nitrogen and oxygen atoms in total. The highest BCUT2D eigenvalue weighted by Gasteiger charge is 2.25. The Hall–Kier alpha value is -1.66. The highest BCUT2D eigenvalue weighted by molar-refractivity contribution is 6.33. The van der Waals surface area contributed by atoms with Gasteiger partial charge >= 0.3 is 0 Å². The van der Waals surface area contributed by atoms with Crippen molar-refractivity contribution in [2.75, 3.05) is 39.0 Å². The molecular formula is C20H26Cl3N3O2. The van der Waals surface area contributed by atoms with E-state index in [-0.39, 0.29) is 30.7 Å². The molecule has 0 aliphatic carbocycles. The van der Waals surface area contributed by atoms with Gasteiger partial charge in [-0.05, 0) is 18.6 Å². The molecule has 1 aliphatic rings. The maximum absolute atomic E-state index is 12.9. The monoisotopic (exact) mass is 445 g/mol. The zero-order chi connectivity index (χ0) is 18.7. The summed E-state index contributed by atoms with van der Waals surface area (Å²) in [4.78, 5) is 17.1. The molecule has 1 saturated heterocycles. The second-order valence-electron chi connectivity index (χ2n) is 6.63. The minimum atomic E-state index is -0.0704. The van der Waals surface area contributed by atoms with Gasteiger partial charge in [-0.1, -0.05) is 41.4 Å². The van der Waals surface area contributed by atoms with Crippen molar-refractivity contribution in [3.05, 3.63) is 58.1 Å². The molecule has 0 unspecified atom stereocenters. The van der Waals surface area contributed by atoms with E-state index in [4.69, 9.17) is 22.1 Å². The number of rotatable bonds is 4. The molecule has 0 bridgehead atoms. The van der Waals surface area contributed by atoms with E-state index in [0.717, 1.165) is 19.6 Å². The normalized spacial score (nSPS) is 14.0. The van der Waals surface area contributed by atoms with E-state index in [1.807, 2.05) is 4.90 Å². The highest BCUT2D eigenvalue weighted by Crippen LogP contribution is 2.30. The predicted octanol–water partition coefficient (Wildman–Crippen LogP) is 4.04. The lowest BCUT2D eigenvalue weighted by molar-refractivity contribution is 0.0625. The number of ether oxygens (including phenoxy) is 1. The fourth-order valence-corrected chi connectivity index (χ4v) is 3.42. The molecule has 0 atom stereocenters. The van der Waals surface area contributed by atoms with Gasteiger partial charge in [0.2, 0.25) is 0 Å². The van der Waals surface area contributed by atoms with Gasteiger partial charge in [-0.2, -0.15) is 0 Å². The SMILES string of the molecule is COc1cc(N)c(Cl)cc1C(=O)N1CCN(Cc2cccc(C)c2)CC1.Cl.Cl. The Morgan fingerprint density at radius 1 is 1.14 bits per heavy atom. The Kier molecular flexibility index (Phi) is 9.37. The van der Waals surface area contributed by atoms with Crippen LogP contribution < -0.4 is 10.5 Å². The van der Waals surface area contributed by atoms with Crippen LogP contribution in [0.4, 0.5) is 5.69 Å². The fraction of sp³-hybridized carbons (Fsp3) is 0.350. The lowest BCUT2D eigenvalue weighted by Gasteiger charge is -2.35. The number of aryl methyl sites for hydroxylation is 1. The van der Waals surface area contributed by atoms with E-state index in [1.165, 1.54) is 18.2 Å². The Morgan fingerprint density at radius 3 is 2.43 bits per heavy atom. The van der Waals surface area contributed by atoms with Crippen LogP contribution in [0.5, 0.6) is 5.75 Å². The van der Waals surface area contributed by atoms with Crippen molar-refractivity contribution < 1.29 is 9.53 Å². The summed E-state index contributed by atoms with van der Waals surface area (Å²) in [6.07, 6.45) is 0. The van der Waals surface area contributed by atoms with Crippen LogP contribution in [0.1, 0.15) is 21.5 Å². The molecule has 0 aromatic heterocycles. The minimum absolute atomic E-state index is 0. The maximum atomic E-state index is 12.9. The topological polar surface area (TPSA) is 58.8 Å². The van der Waals surface area contributed by atoms with Crippen LogP contribution in [-0.2, 0) is 6.54 Å². The van der Waals surface area contributed by atoms with Crippen LogP contribution in [0.2, 0.25) is 5.02 Å². The van der Waals surface area contributed by atoms with Crippen LogP contribution in [-0.4, -0.2) is 49.0 Å². The summed E-state index contributed by atoms with van der Waals surface area (Å²) < 4.78 is 5.31. The Bertz CT molecular complexity index is 809. The first kappa shape index (κ1) is 24.4. The standard InChI is InChI=1S/C20H24ClN3O2.2ClH/c1-14-4-3-5-15(10-14)13-23-6-8-24(9-7-23)20(25)16-11-17(21)18(22)12-19(16)26-2;;/h3-5,10-12H,6-9,13,22H2,1-2H3;2*1H. The van der Waals surface area contributed by atoms with Crippen LogP contribution >= 0.6 is 36.4 Å². The van der Waals surface area contributed by atoms with Gasteiger partial charge < -0.3 is 15.4 Å². The molecule has 1 fully saturated rings. The zero-order valence-corrected chi connectivity index (χ0v) is 18.4. The average molecular weight is 447 g/mol. The molecule has 8 heteroatoms. The lowest BCUT2D eigenvalue weighted by atomic mass is 10.1. The molecule has 2 aromatic carbocycles. The number of hydrogen-bond acceptors (Lipinski definition) is 4. The van der Waals surface area contributed by atoms with E-state index in [2.05, 4.69) is 36.1 Å². The molecule has 1 amide bonds. The third-order valence-electron chi connectivity index (χ3n) is 4.70. The molecule has 2 aromatic rings. The molecular weight excluding hydrogens is 421 g/mol. The van der Waals surface area contributed by atoms with Crippen LogP contribution in [0, 0.1) is 6.92 Å². The molecule has 28 heavy (non-hydrogen) atoms. The summed E-state index contributed by atoms with van der Waals surface area (Å²) in [5.74, 6) is 0.387. The second-order valence-corrected chi connectivity index (χ2v) is 7.04. The third-order valence-corrected chi connectivity index (χ3v) is 5.02. The summed E-state index contributed by atoms with van der Waals surface area (Å²) >= 11 is 6.09. The Labute approximate surface area is 183 Å². The van der Waals surface area contributed by atoms with Crippen molar-refractivity contribution in [3.63, 3.8) is 0 Å². The first-order valence-electron chi connectivity index (χ1n) is 8.68. The molecule has 154 valence electrons. The number of carbonyl (C=O) groups excluding carboxylic acids is 1. The van der Waals surface area contributed by atoms with Crippen molar-refractivity contribution in [3.8, 4) is 5.75 Å². The first-order chi connectivity index (χ1) is 12.5. The Balaban J connectivity index is 0.00000196. The van der Waals surface area contributed by atoms with Gasteiger partial charge in [0.25, 0.3) is 5.91 Å². The van der Waals surface area contributed by atoms with Gasteiger partial charge in [0, 0.05) is 38.8 Å². The largest absolute Gasteiger partial charge is 0.496 e. The molecule has 0 saturated carbocycles. The summed E-state index contributed by atoms with van der Waals surface area (Å²) in [5, 5.41) is 0.368. The molecule has 1 aliphatic heterocycles. The van der Waals surface area contributed by atoms with E-state index in [1.54, 1.807) is 12.1 Å². The number of halogens is 3. The van der Waals surface area contributed by atoms with Crippen molar-refractivity contribution in [1.82, 2.24) is 9.80 Å². The summed E-state index contributed by atoms with van der Waals surface area (Å²) in [6, 6.07) is 11.7. The van der Waals surface area contributed by atoms with E-state index >= 15 is 0 Å². The van der Waals surface area contributed by atoms with Crippen molar-refractivity contribution in [2.24, 2.45) is 0 Å². The smallest absolute Gasteiger partial charge is 0.257 e. The molecule has 1 heterocycles. The van der Waals surface area contributed by atoms with E-state index < -0.39 is 0 Å². The predicted molar refractivity (Wildman–Crippen MR) is 119 cm³/mol. The molecule has 0 radical (unpaired) electrons. The number of hydrogen-bond donors (Lipinski definition) is 1. The zero-order valence-electron chi connectivity index (χ0n) is 16.0. The fourth-order valence-electron chi connectivity index (χ4n) is 3.25. The number of anilines is 1. The lowest BCUT2D eigenvalue weighted by Crippen LogP contribution is -2.48. The van der Waals surface area contributed by atoms with Crippen molar-refractivity contribution in [1.29, 1.82) is 0 Å².